The maximum Gasteiger partial charge on any atom is 0.338 e. The Hall–Kier alpha value is -2.04. The second kappa shape index (κ2) is 7.11. The van der Waals surface area contributed by atoms with Crippen LogP contribution in [0.2, 0.25) is 0 Å². The summed E-state index contributed by atoms with van der Waals surface area (Å²) in [6, 6.07) is 6.96. The first kappa shape index (κ1) is 15.4. The quantitative estimate of drug-likeness (QED) is 0.869. The van der Waals surface area contributed by atoms with E-state index in [2.05, 4.69) is 12.2 Å². The summed E-state index contributed by atoms with van der Waals surface area (Å²) in [5.74, 6) is -0.347. The molecule has 1 aromatic carbocycles. The molecule has 114 valence electrons. The third-order valence-electron chi connectivity index (χ3n) is 3.71. The molecule has 1 atom stereocenters. The normalized spacial score (nSPS) is 18.2. The molecule has 1 aliphatic heterocycles. The van der Waals surface area contributed by atoms with Crippen LogP contribution in [0.15, 0.2) is 24.3 Å². The number of rotatable bonds is 3. The summed E-state index contributed by atoms with van der Waals surface area (Å²) in [5.41, 5.74) is 1.17. The van der Waals surface area contributed by atoms with Gasteiger partial charge in [-0.1, -0.05) is 0 Å². The highest BCUT2D eigenvalue weighted by Crippen LogP contribution is 2.18. The van der Waals surface area contributed by atoms with E-state index in [4.69, 9.17) is 4.74 Å². The molecule has 0 spiro atoms. The van der Waals surface area contributed by atoms with Crippen molar-refractivity contribution in [2.45, 2.75) is 39.2 Å². The number of likely N-dealkylation sites (tertiary alicyclic amines) is 1. The Morgan fingerprint density at radius 2 is 2.00 bits per heavy atom. The number of carbonyl (C=O) groups is 2. The molecule has 5 heteroatoms. The molecule has 2 amide bonds. The summed E-state index contributed by atoms with van der Waals surface area (Å²) in [6.07, 6.45) is 3.29. The third-order valence-corrected chi connectivity index (χ3v) is 3.71. The number of hydrogen-bond acceptors (Lipinski definition) is 3. The molecule has 21 heavy (non-hydrogen) atoms. The van der Waals surface area contributed by atoms with Crippen LogP contribution >= 0.6 is 0 Å². The van der Waals surface area contributed by atoms with E-state index in [0.29, 0.717) is 17.9 Å². The Labute approximate surface area is 125 Å². The number of ether oxygens (including phenoxy) is 1. The average molecular weight is 290 g/mol. The van der Waals surface area contributed by atoms with Crippen LogP contribution in [0.4, 0.5) is 10.5 Å². The van der Waals surface area contributed by atoms with Crippen molar-refractivity contribution >= 4 is 17.7 Å². The van der Waals surface area contributed by atoms with E-state index in [1.165, 1.54) is 6.42 Å². The lowest BCUT2D eigenvalue weighted by Crippen LogP contribution is -2.44. The zero-order valence-corrected chi connectivity index (χ0v) is 12.6. The number of benzene rings is 1. The lowest BCUT2D eigenvalue weighted by molar-refractivity contribution is 0.0526. The highest BCUT2D eigenvalue weighted by atomic mass is 16.5. The lowest BCUT2D eigenvalue weighted by atomic mass is 10.0. The number of anilines is 1. The molecule has 0 bridgehead atoms. The number of urea groups is 1. The number of esters is 1. The van der Waals surface area contributed by atoms with Crippen LogP contribution in [0.3, 0.4) is 0 Å². The van der Waals surface area contributed by atoms with Gasteiger partial charge in [0.1, 0.15) is 0 Å². The van der Waals surface area contributed by atoms with Gasteiger partial charge in [0.2, 0.25) is 0 Å². The van der Waals surface area contributed by atoms with Crippen molar-refractivity contribution in [3.8, 4) is 0 Å². The third kappa shape index (κ3) is 3.97. The fourth-order valence-corrected chi connectivity index (χ4v) is 2.50. The van der Waals surface area contributed by atoms with Gasteiger partial charge in [0.15, 0.2) is 0 Å². The minimum absolute atomic E-state index is 0.0777. The first-order valence-electron chi connectivity index (χ1n) is 7.46. The van der Waals surface area contributed by atoms with E-state index < -0.39 is 0 Å². The summed E-state index contributed by atoms with van der Waals surface area (Å²) in [4.78, 5) is 25.6. The smallest absolute Gasteiger partial charge is 0.338 e. The van der Waals surface area contributed by atoms with Gasteiger partial charge in [-0.15, -0.1) is 0 Å². The second-order valence-electron chi connectivity index (χ2n) is 5.27. The topological polar surface area (TPSA) is 58.6 Å². The highest BCUT2D eigenvalue weighted by molar-refractivity contribution is 5.92. The fourth-order valence-electron chi connectivity index (χ4n) is 2.50. The standard InChI is InChI=1S/C16H22N2O3/c1-3-21-15(19)13-7-9-14(10-8-13)17-16(20)18-11-5-4-6-12(18)2/h7-10,12H,3-6,11H2,1-2H3,(H,17,20)/t12-/m0/s1. The zero-order valence-electron chi connectivity index (χ0n) is 12.6. The highest BCUT2D eigenvalue weighted by Gasteiger charge is 2.23. The molecule has 1 heterocycles. The van der Waals surface area contributed by atoms with Crippen molar-refractivity contribution in [2.24, 2.45) is 0 Å². The van der Waals surface area contributed by atoms with Crippen molar-refractivity contribution in [1.82, 2.24) is 4.90 Å². The van der Waals surface area contributed by atoms with Gasteiger partial charge >= 0.3 is 12.0 Å². The van der Waals surface area contributed by atoms with E-state index in [1.807, 2.05) is 4.90 Å². The van der Waals surface area contributed by atoms with Crippen LogP contribution in [-0.4, -0.2) is 36.1 Å². The van der Waals surface area contributed by atoms with Crippen LogP contribution < -0.4 is 5.32 Å². The monoisotopic (exact) mass is 290 g/mol. The number of amides is 2. The molecule has 0 aromatic heterocycles. The minimum Gasteiger partial charge on any atom is -0.462 e. The molecular formula is C16H22N2O3. The predicted octanol–water partition coefficient (Wildman–Crippen LogP) is 3.27. The first-order chi connectivity index (χ1) is 10.1. The molecule has 1 saturated heterocycles. The Balaban J connectivity index is 1.96. The van der Waals surface area contributed by atoms with Crippen molar-refractivity contribution in [3.63, 3.8) is 0 Å². The van der Waals surface area contributed by atoms with Gasteiger partial charge < -0.3 is 15.0 Å². The molecule has 1 fully saturated rings. The summed E-state index contributed by atoms with van der Waals surface area (Å²) >= 11 is 0. The summed E-state index contributed by atoms with van der Waals surface area (Å²) in [6.45, 7) is 4.99. The number of nitrogens with one attached hydrogen (secondary N) is 1. The number of hydrogen-bond donors (Lipinski definition) is 1. The maximum absolute atomic E-state index is 12.2. The molecule has 2 rings (SSSR count). The minimum atomic E-state index is -0.347. The van der Waals surface area contributed by atoms with Crippen molar-refractivity contribution in [3.05, 3.63) is 29.8 Å². The van der Waals surface area contributed by atoms with Crippen LogP contribution in [0.25, 0.3) is 0 Å². The Bertz CT molecular complexity index is 499. The summed E-state index contributed by atoms with van der Waals surface area (Å²) in [5, 5.41) is 2.88. The summed E-state index contributed by atoms with van der Waals surface area (Å²) in [7, 11) is 0. The molecule has 0 aliphatic carbocycles. The van der Waals surface area contributed by atoms with Crippen LogP contribution in [0, 0.1) is 0 Å². The molecule has 1 N–H and O–H groups in total. The molecule has 5 nitrogen and oxygen atoms in total. The Morgan fingerprint density at radius 1 is 1.29 bits per heavy atom. The molecule has 1 aromatic rings. The number of nitrogens with zero attached hydrogens (tertiary/aromatic N) is 1. The van der Waals surface area contributed by atoms with Gasteiger partial charge in [0, 0.05) is 18.3 Å². The number of piperidine rings is 1. The summed E-state index contributed by atoms with van der Waals surface area (Å²) < 4.78 is 4.92. The average Bonchev–Trinajstić information content (AvgIpc) is 2.48. The largest absolute Gasteiger partial charge is 0.462 e. The van der Waals surface area contributed by atoms with Crippen LogP contribution in [0.1, 0.15) is 43.5 Å². The molecule has 0 unspecified atom stereocenters. The van der Waals surface area contributed by atoms with E-state index >= 15 is 0 Å². The number of carbonyl (C=O) groups excluding carboxylic acids is 2. The van der Waals surface area contributed by atoms with E-state index in [0.717, 1.165) is 19.4 Å². The van der Waals surface area contributed by atoms with E-state index in [1.54, 1.807) is 31.2 Å². The van der Waals surface area contributed by atoms with Gasteiger partial charge in [-0.25, -0.2) is 9.59 Å². The predicted molar refractivity (Wildman–Crippen MR) is 81.4 cm³/mol. The fraction of sp³-hybridized carbons (Fsp3) is 0.500. The Morgan fingerprint density at radius 3 is 2.62 bits per heavy atom. The van der Waals surface area contributed by atoms with Crippen LogP contribution in [-0.2, 0) is 4.74 Å². The van der Waals surface area contributed by atoms with Gasteiger partial charge in [-0.3, -0.25) is 0 Å². The Kier molecular flexibility index (Phi) is 5.20. The van der Waals surface area contributed by atoms with Crippen molar-refractivity contribution < 1.29 is 14.3 Å². The van der Waals surface area contributed by atoms with Gasteiger partial charge in [-0.2, -0.15) is 0 Å². The van der Waals surface area contributed by atoms with E-state index in [-0.39, 0.29) is 18.0 Å². The second-order valence-corrected chi connectivity index (χ2v) is 5.27. The van der Waals surface area contributed by atoms with E-state index in [9.17, 15) is 9.59 Å². The first-order valence-corrected chi connectivity index (χ1v) is 7.46. The van der Waals surface area contributed by atoms with Crippen molar-refractivity contribution in [2.75, 3.05) is 18.5 Å². The molecule has 1 aliphatic rings. The molecule has 0 saturated carbocycles. The van der Waals surface area contributed by atoms with Gasteiger partial charge in [-0.05, 0) is 57.4 Å². The molecule has 0 radical (unpaired) electrons. The SMILES string of the molecule is CCOC(=O)c1ccc(NC(=O)N2CCCC[C@@H]2C)cc1. The van der Waals surface area contributed by atoms with Gasteiger partial charge in [0.25, 0.3) is 0 Å². The zero-order chi connectivity index (χ0) is 15.2. The van der Waals surface area contributed by atoms with Crippen molar-refractivity contribution in [1.29, 1.82) is 0 Å². The molecular weight excluding hydrogens is 268 g/mol. The lowest BCUT2D eigenvalue weighted by Gasteiger charge is -2.33. The van der Waals surface area contributed by atoms with Gasteiger partial charge in [0.05, 0.1) is 12.2 Å². The maximum atomic E-state index is 12.2. The van der Waals surface area contributed by atoms with Crippen LogP contribution in [0.5, 0.6) is 0 Å².